The standard InChI is InChI=1S/C39H52N6O6S/c1-8-49-37(50-9-2)27(3)45(24-30-26-52-34-13-11-10-12-32(30)34)36(47)33(22-28-14-16-31(17-15-28)51-39(4,5)6)42-35(46)25-44(7)43-38(48)41-23-29-18-20-40-21-19-29/h10-21,26-27,33,37H,8-9,22-25H2,1-7H3,(H,42,46)(H2,41,43,48)/t27-,33-/m0/s1. The molecule has 0 saturated carbocycles. The zero-order valence-electron chi connectivity index (χ0n) is 31.2. The van der Waals surface area contributed by atoms with Gasteiger partial charge < -0.3 is 29.7 Å². The molecule has 0 unspecified atom stereocenters. The van der Waals surface area contributed by atoms with Crippen LogP contribution in [0.25, 0.3) is 10.1 Å². The van der Waals surface area contributed by atoms with Crippen molar-refractivity contribution in [1.82, 2.24) is 31.0 Å². The largest absolute Gasteiger partial charge is 0.488 e. The maximum absolute atomic E-state index is 14.8. The Kier molecular flexibility index (Phi) is 14.9. The van der Waals surface area contributed by atoms with Crippen molar-refractivity contribution >= 4 is 39.3 Å². The lowest BCUT2D eigenvalue weighted by molar-refractivity contribution is -0.179. The number of amides is 4. The number of nitrogens with one attached hydrogen (secondary N) is 3. The summed E-state index contributed by atoms with van der Waals surface area (Å²) in [5.41, 5.74) is 4.99. The zero-order valence-corrected chi connectivity index (χ0v) is 32.0. The number of aromatic nitrogens is 1. The van der Waals surface area contributed by atoms with Gasteiger partial charge in [-0.25, -0.2) is 9.80 Å². The second-order valence-corrected chi connectivity index (χ2v) is 14.3. The Morgan fingerprint density at radius 2 is 1.60 bits per heavy atom. The summed E-state index contributed by atoms with van der Waals surface area (Å²) in [6.45, 7) is 12.8. The second-order valence-electron chi connectivity index (χ2n) is 13.4. The minimum Gasteiger partial charge on any atom is -0.488 e. The van der Waals surface area contributed by atoms with Crippen molar-refractivity contribution in [2.75, 3.05) is 26.8 Å². The van der Waals surface area contributed by atoms with Crippen molar-refractivity contribution in [2.45, 2.75) is 85.0 Å². The minimum absolute atomic E-state index is 0.198. The van der Waals surface area contributed by atoms with Crippen LogP contribution >= 0.6 is 11.3 Å². The summed E-state index contributed by atoms with van der Waals surface area (Å²) in [5.74, 6) is -0.0297. The molecule has 2 atom stereocenters. The Balaban J connectivity index is 1.58. The topological polar surface area (TPSA) is 134 Å². The number of urea groups is 1. The third-order valence-electron chi connectivity index (χ3n) is 8.03. The maximum atomic E-state index is 14.8. The molecule has 2 heterocycles. The number of hydrazine groups is 1. The maximum Gasteiger partial charge on any atom is 0.329 e. The van der Waals surface area contributed by atoms with Crippen molar-refractivity contribution in [3.8, 4) is 5.75 Å². The minimum atomic E-state index is -0.952. The first-order chi connectivity index (χ1) is 24.9. The number of rotatable bonds is 18. The summed E-state index contributed by atoms with van der Waals surface area (Å²) < 4.78 is 19.1. The van der Waals surface area contributed by atoms with Gasteiger partial charge in [-0.1, -0.05) is 30.3 Å². The van der Waals surface area contributed by atoms with E-state index < -0.39 is 30.3 Å². The third kappa shape index (κ3) is 12.3. The first-order valence-electron chi connectivity index (χ1n) is 17.6. The fourth-order valence-electron chi connectivity index (χ4n) is 5.64. The molecule has 0 radical (unpaired) electrons. The van der Waals surface area contributed by atoms with Crippen LogP contribution in [0.4, 0.5) is 4.79 Å². The van der Waals surface area contributed by atoms with Crippen molar-refractivity contribution in [1.29, 1.82) is 0 Å². The Labute approximate surface area is 310 Å². The second kappa shape index (κ2) is 19.3. The summed E-state index contributed by atoms with van der Waals surface area (Å²) in [6, 6.07) is 17.3. The molecule has 0 fully saturated rings. The van der Waals surface area contributed by atoms with Crippen LogP contribution in [0, 0.1) is 0 Å². The number of ether oxygens (including phenoxy) is 3. The average Bonchev–Trinajstić information content (AvgIpc) is 3.52. The summed E-state index contributed by atoms with van der Waals surface area (Å²) in [4.78, 5) is 46.7. The van der Waals surface area contributed by atoms with E-state index in [0.29, 0.717) is 25.5 Å². The summed E-state index contributed by atoms with van der Waals surface area (Å²) in [7, 11) is 1.58. The van der Waals surface area contributed by atoms with Gasteiger partial charge in [0.15, 0.2) is 6.29 Å². The zero-order chi connectivity index (χ0) is 37.7. The molecule has 3 N–H and O–H groups in total. The molecule has 2 aromatic heterocycles. The molecule has 0 aliphatic carbocycles. The number of pyridine rings is 1. The predicted octanol–water partition coefficient (Wildman–Crippen LogP) is 5.66. The molecule has 280 valence electrons. The van der Waals surface area contributed by atoms with Gasteiger partial charge >= 0.3 is 6.03 Å². The fraction of sp³-hybridized carbons (Fsp3) is 0.436. The van der Waals surface area contributed by atoms with E-state index >= 15 is 0 Å². The molecule has 2 aromatic carbocycles. The SMILES string of the molecule is CCOC(OCC)[C@H](C)N(Cc1csc2ccccc12)C(=O)[C@H](Cc1ccc(OC(C)(C)C)cc1)NC(=O)CN(C)NC(=O)NCc1ccncc1. The molecular formula is C39H52N6O6S. The van der Waals surface area contributed by atoms with Crippen LogP contribution in [-0.4, -0.2) is 83.5 Å². The fourth-order valence-corrected chi connectivity index (χ4v) is 6.59. The van der Waals surface area contributed by atoms with E-state index in [-0.39, 0.29) is 31.0 Å². The molecular weight excluding hydrogens is 681 g/mol. The van der Waals surface area contributed by atoms with E-state index in [1.54, 1.807) is 47.8 Å². The number of thiophene rings is 1. The highest BCUT2D eigenvalue weighted by molar-refractivity contribution is 7.17. The number of nitrogens with zero attached hydrogens (tertiary/aromatic N) is 3. The predicted molar refractivity (Wildman–Crippen MR) is 204 cm³/mol. The number of hydrogen-bond donors (Lipinski definition) is 3. The summed E-state index contributed by atoms with van der Waals surface area (Å²) in [5, 5.41) is 10.2. The van der Waals surface area contributed by atoms with E-state index in [4.69, 9.17) is 14.2 Å². The number of carbonyl (C=O) groups is 3. The van der Waals surface area contributed by atoms with Gasteiger partial charge in [0.25, 0.3) is 0 Å². The molecule has 4 aromatic rings. The number of benzene rings is 2. The van der Waals surface area contributed by atoms with E-state index in [9.17, 15) is 14.4 Å². The molecule has 0 aliphatic rings. The van der Waals surface area contributed by atoms with E-state index in [2.05, 4.69) is 32.5 Å². The molecule has 4 amide bonds. The van der Waals surface area contributed by atoms with E-state index in [1.165, 1.54) is 5.01 Å². The van der Waals surface area contributed by atoms with Gasteiger partial charge in [0.05, 0.1) is 12.6 Å². The van der Waals surface area contributed by atoms with Gasteiger partial charge in [-0.3, -0.25) is 20.0 Å². The van der Waals surface area contributed by atoms with Gasteiger partial charge in [-0.15, -0.1) is 11.3 Å². The van der Waals surface area contributed by atoms with Crippen LogP contribution in [0.5, 0.6) is 5.75 Å². The number of hydrogen-bond acceptors (Lipinski definition) is 9. The van der Waals surface area contributed by atoms with E-state index in [1.807, 2.05) is 84.0 Å². The Hall–Kier alpha value is -4.56. The molecule has 4 rings (SSSR count). The number of carbonyl (C=O) groups excluding carboxylic acids is 3. The van der Waals surface area contributed by atoms with Gasteiger partial charge in [-0.05, 0) is 99.3 Å². The number of likely N-dealkylation sites (N-methyl/N-ethyl adjacent to an activating group) is 1. The van der Waals surface area contributed by atoms with Crippen LogP contribution in [-0.2, 0) is 38.6 Å². The molecule has 0 bridgehead atoms. The highest BCUT2D eigenvalue weighted by Crippen LogP contribution is 2.28. The van der Waals surface area contributed by atoms with Crippen molar-refractivity contribution in [3.05, 3.63) is 95.1 Å². The monoisotopic (exact) mass is 732 g/mol. The van der Waals surface area contributed by atoms with Gasteiger partial charge in [0, 0.05) is 56.9 Å². The van der Waals surface area contributed by atoms with Crippen molar-refractivity contribution < 1.29 is 28.6 Å². The van der Waals surface area contributed by atoms with Crippen LogP contribution in [0.2, 0.25) is 0 Å². The summed E-state index contributed by atoms with van der Waals surface area (Å²) >= 11 is 1.62. The van der Waals surface area contributed by atoms with Gasteiger partial charge in [0.1, 0.15) is 17.4 Å². The quantitative estimate of drug-likeness (QED) is 0.0882. The highest BCUT2D eigenvalue weighted by atomic mass is 32.1. The molecule has 0 spiro atoms. The average molecular weight is 733 g/mol. The smallest absolute Gasteiger partial charge is 0.329 e. The lowest BCUT2D eigenvalue weighted by Gasteiger charge is -2.36. The molecule has 0 saturated heterocycles. The Bertz CT molecular complexity index is 1720. The molecule has 0 aliphatic heterocycles. The molecule has 12 nitrogen and oxygen atoms in total. The van der Waals surface area contributed by atoms with Crippen LogP contribution in [0.1, 0.15) is 58.2 Å². The van der Waals surface area contributed by atoms with Gasteiger partial charge in [-0.2, -0.15) is 0 Å². The summed E-state index contributed by atoms with van der Waals surface area (Å²) in [6.07, 6.45) is 2.83. The van der Waals surface area contributed by atoms with Crippen molar-refractivity contribution in [3.63, 3.8) is 0 Å². The Morgan fingerprint density at radius 1 is 0.923 bits per heavy atom. The van der Waals surface area contributed by atoms with Gasteiger partial charge in [0.2, 0.25) is 11.8 Å². The lowest BCUT2D eigenvalue weighted by atomic mass is 10.0. The normalized spacial score (nSPS) is 12.8. The van der Waals surface area contributed by atoms with Crippen molar-refractivity contribution in [2.24, 2.45) is 0 Å². The lowest BCUT2D eigenvalue weighted by Crippen LogP contribution is -2.56. The van der Waals surface area contributed by atoms with Crippen LogP contribution in [0.15, 0.2) is 78.4 Å². The molecule has 52 heavy (non-hydrogen) atoms. The highest BCUT2D eigenvalue weighted by Gasteiger charge is 2.34. The first kappa shape index (κ1) is 40.2. The molecule has 13 heteroatoms. The third-order valence-corrected chi connectivity index (χ3v) is 9.04. The Morgan fingerprint density at radius 3 is 2.25 bits per heavy atom. The van der Waals surface area contributed by atoms with E-state index in [0.717, 1.165) is 26.8 Å². The number of fused-ring (bicyclic) bond motifs is 1. The van der Waals surface area contributed by atoms with Crippen LogP contribution in [0.3, 0.4) is 0 Å². The van der Waals surface area contributed by atoms with Crippen LogP contribution < -0.4 is 20.8 Å². The first-order valence-corrected chi connectivity index (χ1v) is 18.5.